The molecular weight excluding hydrogens is 352 g/mol. The smallest absolute Gasteiger partial charge is 0.229 e. The standard InChI is InChI=1S/C21H28N6O/c28-18-9-7-17(8-10-18)16-22-25-19-15-20(26-11-3-1-4-12-26)24-21(23-19)27-13-5-2-6-14-27/h7-10,15-16,28H,1-6,11-14H2,(H,23,24,25)/b22-16-. The second kappa shape index (κ2) is 8.91. The van der Waals surface area contributed by atoms with E-state index in [1.165, 1.54) is 38.5 Å². The lowest BCUT2D eigenvalue weighted by Crippen LogP contribution is -2.33. The first-order valence-corrected chi connectivity index (χ1v) is 10.2. The number of rotatable bonds is 5. The van der Waals surface area contributed by atoms with Crippen molar-refractivity contribution in [3.63, 3.8) is 0 Å². The molecule has 2 aliphatic heterocycles. The first kappa shape index (κ1) is 18.5. The lowest BCUT2D eigenvalue weighted by molar-refractivity contribution is 0.475. The topological polar surface area (TPSA) is 76.9 Å². The first-order valence-electron chi connectivity index (χ1n) is 10.2. The SMILES string of the molecule is Oc1ccc(/C=N\Nc2cc(N3CCCCC3)nc(N3CCCCC3)n2)cc1. The highest BCUT2D eigenvalue weighted by molar-refractivity contribution is 5.80. The summed E-state index contributed by atoms with van der Waals surface area (Å²) < 4.78 is 0. The van der Waals surface area contributed by atoms with Gasteiger partial charge in [-0.05, 0) is 68.4 Å². The normalized spacial score (nSPS) is 17.9. The van der Waals surface area contributed by atoms with Gasteiger partial charge in [0.05, 0.1) is 6.21 Å². The minimum absolute atomic E-state index is 0.248. The van der Waals surface area contributed by atoms with Crippen LogP contribution in [0, 0.1) is 0 Å². The Balaban J connectivity index is 1.54. The molecule has 3 heterocycles. The second-order valence-corrected chi connectivity index (χ2v) is 7.47. The van der Waals surface area contributed by atoms with E-state index in [4.69, 9.17) is 9.97 Å². The Morgan fingerprint density at radius 2 is 1.50 bits per heavy atom. The minimum atomic E-state index is 0.248. The highest BCUT2D eigenvalue weighted by Crippen LogP contribution is 2.25. The number of anilines is 3. The van der Waals surface area contributed by atoms with Crippen molar-refractivity contribution >= 4 is 23.8 Å². The number of aromatic hydroxyl groups is 1. The average molecular weight is 380 g/mol. The highest BCUT2D eigenvalue weighted by Gasteiger charge is 2.19. The lowest BCUT2D eigenvalue weighted by atomic mass is 10.1. The quantitative estimate of drug-likeness (QED) is 0.610. The monoisotopic (exact) mass is 380 g/mol. The van der Waals surface area contributed by atoms with Crippen LogP contribution >= 0.6 is 0 Å². The summed E-state index contributed by atoms with van der Waals surface area (Å²) in [5.41, 5.74) is 3.98. The number of hydrazone groups is 1. The molecule has 0 aliphatic carbocycles. The zero-order chi connectivity index (χ0) is 19.2. The maximum Gasteiger partial charge on any atom is 0.229 e. The summed E-state index contributed by atoms with van der Waals surface area (Å²) in [6.07, 6.45) is 9.11. The maximum absolute atomic E-state index is 9.38. The van der Waals surface area contributed by atoms with E-state index in [0.717, 1.165) is 43.5 Å². The number of piperidine rings is 2. The van der Waals surface area contributed by atoms with Crippen LogP contribution in [0.1, 0.15) is 44.1 Å². The number of benzene rings is 1. The predicted octanol–water partition coefficient (Wildman–Crippen LogP) is 3.61. The van der Waals surface area contributed by atoms with Crippen LogP contribution in [0.25, 0.3) is 0 Å². The number of aromatic nitrogens is 2. The molecule has 2 N–H and O–H groups in total. The fourth-order valence-electron chi connectivity index (χ4n) is 3.73. The van der Waals surface area contributed by atoms with Gasteiger partial charge in [-0.1, -0.05) is 0 Å². The molecule has 7 nitrogen and oxygen atoms in total. The molecule has 0 unspecified atom stereocenters. The van der Waals surface area contributed by atoms with Gasteiger partial charge < -0.3 is 14.9 Å². The van der Waals surface area contributed by atoms with Crippen molar-refractivity contribution in [2.75, 3.05) is 41.4 Å². The van der Waals surface area contributed by atoms with Crippen LogP contribution in [-0.2, 0) is 0 Å². The van der Waals surface area contributed by atoms with Crippen molar-refractivity contribution in [2.24, 2.45) is 5.10 Å². The van der Waals surface area contributed by atoms with Gasteiger partial charge in [0.1, 0.15) is 11.6 Å². The van der Waals surface area contributed by atoms with Crippen LogP contribution in [0.2, 0.25) is 0 Å². The van der Waals surface area contributed by atoms with E-state index in [0.29, 0.717) is 5.82 Å². The Morgan fingerprint density at radius 1 is 0.857 bits per heavy atom. The summed E-state index contributed by atoms with van der Waals surface area (Å²) >= 11 is 0. The third-order valence-electron chi connectivity index (χ3n) is 5.31. The number of nitrogens with one attached hydrogen (secondary N) is 1. The van der Waals surface area contributed by atoms with Crippen molar-refractivity contribution in [1.82, 2.24) is 9.97 Å². The lowest BCUT2D eigenvalue weighted by Gasteiger charge is -2.31. The number of phenols is 1. The number of nitrogens with zero attached hydrogens (tertiary/aromatic N) is 5. The second-order valence-electron chi connectivity index (χ2n) is 7.47. The van der Waals surface area contributed by atoms with Crippen molar-refractivity contribution in [3.05, 3.63) is 35.9 Å². The van der Waals surface area contributed by atoms with Crippen LogP contribution in [0.15, 0.2) is 35.4 Å². The van der Waals surface area contributed by atoms with E-state index in [-0.39, 0.29) is 5.75 Å². The van der Waals surface area contributed by atoms with Crippen molar-refractivity contribution in [1.29, 1.82) is 0 Å². The molecule has 0 bridgehead atoms. The van der Waals surface area contributed by atoms with E-state index >= 15 is 0 Å². The summed E-state index contributed by atoms with van der Waals surface area (Å²) in [4.78, 5) is 14.2. The van der Waals surface area contributed by atoms with Crippen LogP contribution in [0.4, 0.5) is 17.6 Å². The van der Waals surface area contributed by atoms with E-state index in [1.54, 1.807) is 18.3 Å². The summed E-state index contributed by atoms with van der Waals surface area (Å²) in [5, 5.41) is 13.7. The van der Waals surface area contributed by atoms with E-state index in [9.17, 15) is 5.11 Å². The third-order valence-corrected chi connectivity index (χ3v) is 5.31. The molecule has 148 valence electrons. The van der Waals surface area contributed by atoms with Crippen LogP contribution in [0.5, 0.6) is 5.75 Å². The molecule has 1 aromatic heterocycles. The van der Waals surface area contributed by atoms with Gasteiger partial charge in [0.2, 0.25) is 5.95 Å². The van der Waals surface area contributed by atoms with Crippen molar-refractivity contribution in [3.8, 4) is 5.75 Å². The molecular formula is C21H28N6O. The van der Waals surface area contributed by atoms with Crippen LogP contribution < -0.4 is 15.2 Å². The van der Waals surface area contributed by atoms with Crippen molar-refractivity contribution < 1.29 is 5.11 Å². The number of phenolic OH excluding ortho intramolecular Hbond substituents is 1. The Labute approximate surface area is 166 Å². The molecule has 4 rings (SSSR count). The zero-order valence-corrected chi connectivity index (χ0v) is 16.2. The minimum Gasteiger partial charge on any atom is -0.508 e. The number of hydrogen-bond acceptors (Lipinski definition) is 7. The van der Waals surface area contributed by atoms with Gasteiger partial charge in [-0.25, -0.2) is 0 Å². The third kappa shape index (κ3) is 4.71. The largest absolute Gasteiger partial charge is 0.508 e. The Morgan fingerprint density at radius 3 is 2.18 bits per heavy atom. The molecule has 0 radical (unpaired) electrons. The molecule has 1 aromatic carbocycles. The zero-order valence-electron chi connectivity index (χ0n) is 16.2. The summed E-state index contributed by atoms with van der Waals surface area (Å²) in [6.45, 7) is 4.12. The molecule has 0 saturated carbocycles. The number of hydrogen-bond donors (Lipinski definition) is 2. The fourth-order valence-corrected chi connectivity index (χ4v) is 3.73. The molecule has 2 aliphatic rings. The van der Waals surface area contributed by atoms with Gasteiger partial charge in [-0.3, -0.25) is 5.43 Å². The predicted molar refractivity (Wildman–Crippen MR) is 113 cm³/mol. The van der Waals surface area contributed by atoms with Gasteiger partial charge in [-0.2, -0.15) is 15.1 Å². The summed E-state index contributed by atoms with van der Waals surface area (Å²) in [6, 6.07) is 8.93. The summed E-state index contributed by atoms with van der Waals surface area (Å²) in [5.74, 6) is 2.74. The molecule has 28 heavy (non-hydrogen) atoms. The van der Waals surface area contributed by atoms with Gasteiger partial charge in [0.15, 0.2) is 5.82 Å². The van der Waals surface area contributed by atoms with Gasteiger partial charge in [-0.15, -0.1) is 0 Å². The highest BCUT2D eigenvalue weighted by atomic mass is 16.3. The van der Waals surface area contributed by atoms with Gasteiger partial charge in [0.25, 0.3) is 0 Å². The fraction of sp³-hybridized carbons (Fsp3) is 0.476. The molecule has 0 amide bonds. The Hall–Kier alpha value is -2.83. The first-order chi connectivity index (χ1) is 13.8. The molecule has 7 heteroatoms. The van der Waals surface area contributed by atoms with Gasteiger partial charge >= 0.3 is 0 Å². The average Bonchev–Trinajstić information content (AvgIpc) is 2.76. The molecule has 2 saturated heterocycles. The summed E-state index contributed by atoms with van der Waals surface area (Å²) in [7, 11) is 0. The van der Waals surface area contributed by atoms with Crippen molar-refractivity contribution in [2.45, 2.75) is 38.5 Å². The van der Waals surface area contributed by atoms with E-state index < -0.39 is 0 Å². The maximum atomic E-state index is 9.38. The molecule has 0 spiro atoms. The Bertz CT molecular complexity index is 759. The van der Waals surface area contributed by atoms with Gasteiger partial charge in [0, 0.05) is 32.2 Å². The molecule has 0 atom stereocenters. The Kier molecular flexibility index (Phi) is 5.89. The van der Waals surface area contributed by atoms with Crippen LogP contribution in [-0.4, -0.2) is 47.5 Å². The van der Waals surface area contributed by atoms with E-state index in [2.05, 4.69) is 20.3 Å². The molecule has 2 fully saturated rings. The van der Waals surface area contributed by atoms with Crippen LogP contribution in [0.3, 0.4) is 0 Å². The van der Waals surface area contributed by atoms with E-state index in [1.807, 2.05) is 18.2 Å². The molecule has 2 aromatic rings.